The van der Waals surface area contributed by atoms with Crippen LogP contribution in [0.25, 0.3) is 0 Å². The van der Waals surface area contributed by atoms with Crippen LogP contribution >= 0.6 is 45.2 Å². The molecular formula is C13H10I2N2. The maximum Gasteiger partial charge on any atom is 0.0930 e. The predicted octanol–water partition coefficient (Wildman–Crippen LogP) is 4.67. The van der Waals surface area contributed by atoms with E-state index >= 15 is 0 Å². The van der Waals surface area contributed by atoms with Gasteiger partial charge < -0.3 is 5.32 Å². The molecular weight excluding hydrogens is 438 g/mol. The van der Waals surface area contributed by atoms with Gasteiger partial charge in [-0.1, -0.05) is 0 Å². The molecule has 0 bridgehead atoms. The Labute approximate surface area is 128 Å². The molecule has 2 nitrogen and oxygen atoms in total. The van der Waals surface area contributed by atoms with Gasteiger partial charge in [0.05, 0.1) is 12.0 Å². The Morgan fingerprint density at radius 2 is 1.35 bits per heavy atom. The van der Waals surface area contributed by atoms with Crippen LogP contribution in [0.2, 0.25) is 0 Å². The van der Waals surface area contributed by atoms with Crippen molar-refractivity contribution in [1.29, 1.82) is 0 Å². The van der Waals surface area contributed by atoms with Crippen LogP contribution in [0.1, 0.15) is 0 Å². The van der Waals surface area contributed by atoms with E-state index in [1.165, 1.54) is 7.14 Å². The van der Waals surface area contributed by atoms with Crippen molar-refractivity contribution in [3.63, 3.8) is 0 Å². The molecule has 2 aromatic carbocycles. The summed E-state index contributed by atoms with van der Waals surface area (Å²) < 4.78 is 2.44. The Morgan fingerprint density at radius 3 is 1.94 bits per heavy atom. The molecule has 86 valence electrons. The van der Waals surface area contributed by atoms with Crippen molar-refractivity contribution < 1.29 is 0 Å². The minimum Gasteiger partial charge on any atom is -0.346 e. The van der Waals surface area contributed by atoms with Gasteiger partial charge in [-0.05, 0) is 93.7 Å². The molecule has 0 aliphatic rings. The smallest absolute Gasteiger partial charge is 0.0930 e. The number of hydrogen-bond donors (Lipinski definition) is 1. The van der Waals surface area contributed by atoms with Crippen molar-refractivity contribution in [2.45, 2.75) is 0 Å². The van der Waals surface area contributed by atoms with E-state index in [0.29, 0.717) is 0 Å². The topological polar surface area (TPSA) is 24.4 Å². The SMILES string of the molecule is Ic1ccc(N=CNc2ccc(I)cc2)cc1. The minimum absolute atomic E-state index is 0.948. The fraction of sp³-hybridized carbons (Fsp3) is 0. The third-order valence-corrected chi connectivity index (χ3v) is 3.55. The summed E-state index contributed by atoms with van der Waals surface area (Å²) in [6, 6.07) is 16.2. The fourth-order valence-corrected chi connectivity index (χ4v) is 1.97. The lowest BCUT2D eigenvalue weighted by molar-refractivity contribution is 1.50. The van der Waals surface area contributed by atoms with Gasteiger partial charge in [-0.3, -0.25) is 0 Å². The molecule has 17 heavy (non-hydrogen) atoms. The summed E-state index contributed by atoms with van der Waals surface area (Å²) in [4.78, 5) is 4.32. The van der Waals surface area contributed by atoms with Gasteiger partial charge in [0.2, 0.25) is 0 Å². The van der Waals surface area contributed by atoms with Gasteiger partial charge in [-0.15, -0.1) is 0 Å². The van der Waals surface area contributed by atoms with E-state index in [0.717, 1.165) is 11.4 Å². The molecule has 0 aliphatic carbocycles. The Hall–Kier alpha value is -0.630. The Kier molecular flexibility index (Phi) is 4.78. The van der Waals surface area contributed by atoms with Gasteiger partial charge in [-0.2, -0.15) is 0 Å². The first kappa shape index (κ1) is 12.8. The molecule has 0 saturated heterocycles. The van der Waals surface area contributed by atoms with Crippen molar-refractivity contribution in [1.82, 2.24) is 0 Å². The summed E-state index contributed by atoms with van der Waals surface area (Å²) in [5, 5.41) is 3.14. The third-order valence-electron chi connectivity index (χ3n) is 2.12. The van der Waals surface area contributed by atoms with E-state index in [1.807, 2.05) is 36.4 Å². The predicted molar refractivity (Wildman–Crippen MR) is 90.1 cm³/mol. The second-order valence-corrected chi connectivity index (χ2v) is 5.88. The van der Waals surface area contributed by atoms with Crippen molar-refractivity contribution in [2.75, 3.05) is 5.32 Å². The lowest BCUT2D eigenvalue weighted by Crippen LogP contribution is -1.93. The van der Waals surface area contributed by atoms with Crippen LogP contribution < -0.4 is 5.32 Å². The van der Waals surface area contributed by atoms with E-state index < -0.39 is 0 Å². The summed E-state index contributed by atoms with van der Waals surface area (Å²) in [6.07, 6.45) is 1.71. The van der Waals surface area contributed by atoms with Crippen LogP contribution in [-0.2, 0) is 0 Å². The van der Waals surface area contributed by atoms with Crippen LogP contribution in [0.3, 0.4) is 0 Å². The van der Waals surface area contributed by atoms with E-state index in [-0.39, 0.29) is 0 Å². The Bertz CT molecular complexity index is 504. The molecule has 0 atom stereocenters. The first-order valence-corrected chi connectivity index (χ1v) is 7.20. The number of nitrogens with one attached hydrogen (secondary N) is 1. The van der Waals surface area contributed by atoms with Gasteiger partial charge in [0.1, 0.15) is 0 Å². The molecule has 2 rings (SSSR count). The van der Waals surface area contributed by atoms with E-state index in [1.54, 1.807) is 6.34 Å². The van der Waals surface area contributed by atoms with Crippen LogP contribution in [0.15, 0.2) is 53.5 Å². The summed E-state index contributed by atoms with van der Waals surface area (Å²) in [5.74, 6) is 0. The average Bonchev–Trinajstić information content (AvgIpc) is 2.34. The molecule has 0 aliphatic heterocycles. The molecule has 0 heterocycles. The zero-order valence-corrected chi connectivity index (χ0v) is 13.2. The molecule has 0 saturated carbocycles. The highest BCUT2D eigenvalue weighted by molar-refractivity contribution is 14.1. The highest BCUT2D eigenvalue weighted by Crippen LogP contribution is 2.14. The highest BCUT2D eigenvalue weighted by Gasteiger charge is 1.90. The summed E-state index contributed by atoms with van der Waals surface area (Å²) >= 11 is 4.56. The summed E-state index contributed by atoms with van der Waals surface area (Å²) in [5.41, 5.74) is 1.99. The molecule has 4 heteroatoms. The van der Waals surface area contributed by atoms with Crippen LogP contribution in [0.5, 0.6) is 0 Å². The standard InChI is InChI=1S/C13H10I2N2/c14-10-1-5-12(6-2-10)16-9-17-13-7-3-11(15)4-8-13/h1-9H,(H,16,17). The second kappa shape index (κ2) is 6.34. The number of halogens is 2. The maximum atomic E-state index is 4.32. The molecule has 0 unspecified atom stereocenters. The van der Waals surface area contributed by atoms with Gasteiger partial charge in [0.25, 0.3) is 0 Å². The Balaban J connectivity index is 1.97. The van der Waals surface area contributed by atoms with Gasteiger partial charge >= 0.3 is 0 Å². The highest BCUT2D eigenvalue weighted by atomic mass is 127. The number of anilines is 1. The maximum absolute atomic E-state index is 4.32. The molecule has 0 fully saturated rings. The van der Waals surface area contributed by atoms with Crippen LogP contribution in [0.4, 0.5) is 11.4 Å². The van der Waals surface area contributed by atoms with E-state index in [4.69, 9.17) is 0 Å². The second-order valence-electron chi connectivity index (χ2n) is 3.39. The monoisotopic (exact) mass is 448 g/mol. The molecule has 0 aromatic heterocycles. The number of nitrogens with zero attached hydrogens (tertiary/aromatic N) is 1. The lowest BCUT2D eigenvalue weighted by atomic mass is 10.3. The zero-order valence-electron chi connectivity index (χ0n) is 8.90. The first-order chi connectivity index (χ1) is 8.24. The molecule has 1 N–H and O–H groups in total. The third kappa shape index (κ3) is 4.27. The zero-order chi connectivity index (χ0) is 12.1. The first-order valence-electron chi connectivity index (χ1n) is 5.04. The number of benzene rings is 2. The lowest BCUT2D eigenvalue weighted by Gasteiger charge is -1.99. The number of hydrogen-bond acceptors (Lipinski definition) is 1. The van der Waals surface area contributed by atoms with Gasteiger partial charge in [0, 0.05) is 12.8 Å². The van der Waals surface area contributed by atoms with Crippen LogP contribution in [0, 0.1) is 7.14 Å². The minimum atomic E-state index is 0.948. The quantitative estimate of drug-likeness (QED) is 0.412. The Morgan fingerprint density at radius 1 is 0.824 bits per heavy atom. The molecule has 0 radical (unpaired) electrons. The van der Waals surface area contributed by atoms with Crippen molar-refractivity contribution >= 4 is 62.9 Å². The molecule has 0 spiro atoms. The average molecular weight is 448 g/mol. The number of rotatable bonds is 3. The molecule has 2 aromatic rings. The van der Waals surface area contributed by atoms with Gasteiger partial charge in [0.15, 0.2) is 0 Å². The van der Waals surface area contributed by atoms with Crippen molar-refractivity contribution in [3.8, 4) is 0 Å². The van der Waals surface area contributed by atoms with E-state index in [9.17, 15) is 0 Å². The molecule has 0 amide bonds. The summed E-state index contributed by atoms with van der Waals surface area (Å²) in [7, 11) is 0. The van der Waals surface area contributed by atoms with Crippen molar-refractivity contribution in [3.05, 3.63) is 55.7 Å². The largest absolute Gasteiger partial charge is 0.346 e. The summed E-state index contributed by atoms with van der Waals surface area (Å²) in [6.45, 7) is 0. The normalized spacial score (nSPS) is 10.7. The van der Waals surface area contributed by atoms with Crippen LogP contribution in [-0.4, -0.2) is 6.34 Å². The van der Waals surface area contributed by atoms with Crippen molar-refractivity contribution in [2.24, 2.45) is 4.99 Å². The van der Waals surface area contributed by atoms with E-state index in [2.05, 4.69) is 67.6 Å². The van der Waals surface area contributed by atoms with Gasteiger partial charge in [-0.25, -0.2) is 4.99 Å². The fourth-order valence-electron chi connectivity index (χ4n) is 1.25. The number of aliphatic imine (C=N–C) groups is 1.